The number of hydrogen-bond donors (Lipinski definition) is 1. The van der Waals surface area contributed by atoms with Gasteiger partial charge in [-0.3, -0.25) is 9.59 Å². The number of benzene rings is 1. The van der Waals surface area contributed by atoms with Crippen LogP contribution in [0.25, 0.3) is 11.0 Å². The fourth-order valence-corrected chi connectivity index (χ4v) is 2.74. The predicted molar refractivity (Wildman–Crippen MR) is 68.4 cm³/mol. The molecule has 0 unspecified atom stereocenters. The molecule has 0 aliphatic heterocycles. The molecule has 0 saturated heterocycles. The third-order valence-corrected chi connectivity index (χ3v) is 3.84. The molecule has 2 rings (SSSR count). The summed E-state index contributed by atoms with van der Waals surface area (Å²) < 4.78 is 28.2. The summed E-state index contributed by atoms with van der Waals surface area (Å²) in [6.45, 7) is 0. The zero-order valence-corrected chi connectivity index (χ0v) is 10.6. The second-order valence-electron chi connectivity index (χ2n) is 4.07. The molecule has 19 heavy (non-hydrogen) atoms. The number of Topliss-reactive ketones (excluding diaryl/α,β-unsaturated/α-hetero) is 1. The maximum atomic E-state index is 11.8. The minimum Gasteiger partial charge on any atom is -0.453 e. The van der Waals surface area contributed by atoms with Crippen molar-refractivity contribution in [2.24, 2.45) is 5.73 Å². The molecule has 1 aromatic carbocycles. The van der Waals surface area contributed by atoms with Crippen molar-refractivity contribution in [3.05, 3.63) is 36.1 Å². The highest BCUT2D eigenvalue weighted by atomic mass is 32.2. The number of primary amides is 1. The van der Waals surface area contributed by atoms with E-state index >= 15 is 0 Å². The summed E-state index contributed by atoms with van der Waals surface area (Å²) in [6.07, 6.45) is 0. The molecule has 0 bridgehead atoms. The molecule has 0 aliphatic rings. The smallest absolute Gasteiger partial charge is 0.232 e. The molecular formula is C12H11NO5S. The normalized spacial score (nSPS) is 11.6. The van der Waals surface area contributed by atoms with Crippen LogP contribution in [0.2, 0.25) is 0 Å². The van der Waals surface area contributed by atoms with E-state index in [-0.39, 0.29) is 5.76 Å². The first-order valence-corrected chi connectivity index (χ1v) is 7.20. The van der Waals surface area contributed by atoms with E-state index in [0.717, 1.165) is 0 Å². The fraction of sp³-hybridized carbons (Fsp3) is 0.167. The van der Waals surface area contributed by atoms with Crippen molar-refractivity contribution in [2.45, 2.75) is 0 Å². The van der Waals surface area contributed by atoms with E-state index in [1.54, 1.807) is 24.3 Å². The molecule has 0 saturated carbocycles. The highest BCUT2D eigenvalue weighted by Crippen LogP contribution is 2.19. The number of furan rings is 1. The molecule has 0 fully saturated rings. The second kappa shape index (κ2) is 4.85. The number of carbonyl (C=O) groups is 2. The van der Waals surface area contributed by atoms with Gasteiger partial charge >= 0.3 is 0 Å². The third kappa shape index (κ3) is 3.19. The lowest BCUT2D eigenvalue weighted by Crippen LogP contribution is -2.27. The van der Waals surface area contributed by atoms with Gasteiger partial charge in [0.05, 0.1) is 0 Å². The Labute approximate surface area is 109 Å². The van der Waals surface area contributed by atoms with E-state index in [1.165, 1.54) is 6.07 Å². The SMILES string of the molecule is NC(=O)CS(=O)(=O)CC(=O)c1cc2ccccc2o1. The van der Waals surface area contributed by atoms with Crippen LogP contribution in [-0.4, -0.2) is 31.6 Å². The van der Waals surface area contributed by atoms with E-state index in [4.69, 9.17) is 10.2 Å². The zero-order valence-electron chi connectivity index (χ0n) is 9.83. The Balaban J connectivity index is 2.22. The van der Waals surface area contributed by atoms with Gasteiger partial charge in [-0.15, -0.1) is 0 Å². The van der Waals surface area contributed by atoms with E-state index in [2.05, 4.69) is 0 Å². The summed E-state index contributed by atoms with van der Waals surface area (Å²) in [5.74, 6) is -3.38. The zero-order chi connectivity index (χ0) is 14.0. The van der Waals surface area contributed by atoms with Gasteiger partial charge in [0.1, 0.15) is 17.1 Å². The average Bonchev–Trinajstić information content (AvgIpc) is 2.69. The van der Waals surface area contributed by atoms with Gasteiger partial charge in [0, 0.05) is 5.39 Å². The van der Waals surface area contributed by atoms with Crippen molar-refractivity contribution >= 4 is 32.5 Å². The van der Waals surface area contributed by atoms with Crippen molar-refractivity contribution in [1.82, 2.24) is 0 Å². The summed E-state index contributed by atoms with van der Waals surface area (Å²) in [5.41, 5.74) is 5.30. The van der Waals surface area contributed by atoms with E-state index in [9.17, 15) is 18.0 Å². The number of fused-ring (bicyclic) bond motifs is 1. The second-order valence-corrected chi connectivity index (χ2v) is 6.13. The molecular weight excluding hydrogens is 270 g/mol. The molecule has 0 radical (unpaired) electrons. The van der Waals surface area contributed by atoms with E-state index in [1.807, 2.05) is 0 Å². The highest BCUT2D eigenvalue weighted by Gasteiger charge is 2.22. The largest absolute Gasteiger partial charge is 0.453 e. The number of carbonyl (C=O) groups excluding carboxylic acids is 2. The molecule has 0 spiro atoms. The summed E-state index contributed by atoms with van der Waals surface area (Å²) in [7, 11) is -3.85. The lowest BCUT2D eigenvalue weighted by atomic mass is 10.2. The lowest BCUT2D eigenvalue weighted by molar-refractivity contribution is -0.115. The Hall–Kier alpha value is -2.15. The van der Waals surface area contributed by atoms with Crippen LogP contribution in [0.4, 0.5) is 0 Å². The van der Waals surface area contributed by atoms with Crippen LogP contribution in [0.5, 0.6) is 0 Å². The standard InChI is InChI=1S/C12H11NO5S/c13-12(15)7-19(16,17)6-9(14)11-5-8-3-1-2-4-10(8)18-11/h1-5H,6-7H2,(H2,13,15). The Morgan fingerprint density at radius 1 is 1.16 bits per heavy atom. The maximum Gasteiger partial charge on any atom is 0.232 e. The monoisotopic (exact) mass is 281 g/mol. The molecule has 1 aromatic heterocycles. The summed E-state index contributed by atoms with van der Waals surface area (Å²) in [5, 5.41) is 0.707. The molecule has 0 atom stereocenters. The molecule has 1 heterocycles. The molecule has 7 heteroatoms. The summed E-state index contributed by atoms with van der Waals surface area (Å²) >= 11 is 0. The van der Waals surface area contributed by atoms with E-state index in [0.29, 0.717) is 11.0 Å². The number of para-hydroxylation sites is 1. The number of sulfone groups is 1. The minimum atomic E-state index is -3.85. The topological polar surface area (TPSA) is 107 Å². The van der Waals surface area contributed by atoms with Crippen LogP contribution in [0.1, 0.15) is 10.6 Å². The van der Waals surface area contributed by atoms with Gasteiger partial charge in [0.2, 0.25) is 11.7 Å². The first-order valence-electron chi connectivity index (χ1n) is 5.38. The van der Waals surface area contributed by atoms with Crippen LogP contribution in [-0.2, 0) is 14.6 Å². The molecule has 2 N–H and O–H groups in total. The summed E-state index contributed by atoms with van der Waals surface area (Å²) in [6, 6.07) is 8.40. The van der Waals surface area contributed by atoms with Crippen molar-refractivity contribution < 1.29 is 22.4 Å². The van der Waals surface area contributed by atoms with Crippen LogP contribution in [0.15, 0.2) is 34.7 Å². The average molecular weight is 281 g/mol. The fourth-order valence-electron chi connectivity index (χ4n) is 1.66. The number of ketones is 1. The Morgan fingerprint density at radius 3 is 2.47 bits per heavy atom. The number of rotatable bonds is 5. The number of nitrogens with two attached hydrogens (primary N) is 1. The first kappa shape index (κ1) is 13.3. The highest BCUT2D eigenvalue weighted by molar-refractivity contribution is 7.92. The van der Waals surface area contributed by atoms with Crippen LogP contribution in [0.3, 0.4) is 0 Å². The molecule has 1 amide bonds. The van der Waals surface area contributed by atoms with Gasteiger partial charge < -0.3 is 10.2 Å². The van der Waals surface area contributed by atoms with Crippen molar-refractivity contribution in [3.63, 3.8) is 0 Å². The molecule has 0 aliphatic carbocycles. The summed E-state index contributed by atoms with van der Waals surface area (Å²) in [4.78, 5) is 22.4. The third-order valence-electron chi connectivity index (χ3n) is 2.41. The van der Waals surface area contributed by atoms with Crippen LogP contribution >= 0.6 is 0 Å². The molecule has 6 nitrogen and oxygen atoms in total. The Bertz CT molecular complexity index is 711. The van der Waals surface area contributed by atoms with Crippen LogP contribution in [0, 0.1) is 0 Å². The maximum absolute atomic E-state index is 11.8. The van der Waals surface area contributed by atoms with Gasteiger partial charge in [-0.25, -0.2) is 8.42 Å². The number of hydrogen-bond acceptors (Lipinski definition) is 5. The lowest BCUT2D eigenvalue weighted by Gasteiger charge is -1.98. The number of amides is 1. The van der Waals surface area contributed by atoms with Gasteiger partial charge in [0.15, 0.2) is 15.6 Å². The predicted octanol–water partition coefficient (Wildman–Crippen LogP) is 0.516. The van der Waals surface area contributed by atoms with Crippen molar-refractivity contribution in [1.29, 1.82) is 0 Å². The quantitative estimate of drug-likeness (QED) is 0.804. The van der Waals surface area contributed by atoms with Gasteiger partial charge in [0.25, 0.3) is 0 Å². The van der Waals surface area contributed by atoms with Crippen LogP contribution < -0.4 is 5.73 Å². The van der Waals surface area contributed by atoms with Gasteiger partial charge in [-0.05, 0) is 12.1 Å². The Kier molecular flexibility index (Phi) is 3.39. The van der Waals surface area contributed by atoms with E-state index < -0.39 is 33.0 Å². The molecule has 100 valence electrons. The Morgan fingerprint density at radius 2 is 1.84 bits per heavy atom. The first-order chi connectivity index (χ1) is 8.87. The van der Waals surface area contributed by atoms with Gasteiger partial charge in [-0.1, -0.05) is 18.2 Å². The minimum absolute atomic E-state index is 0.0470. The van der Waals surface area contributed by atoms with Crippen molar-refractivity contribution in [2.75, 3.05) is 11.5 Å². The van der Waals surface area contributed by atoms with Gasteiger partial charge in [-0.2, -0.15) is 0 Å². The van der Waals surface area contributed by atoms with Crippen molar-refractivity contribution in [3.8, 4) is 0 Å². The molecule has 2 aromatic rings.